The maximum atomic E-state index is 13.4. The molecular weight excluding hydrogens is 251 g/mol. The topological polar surface area (TPSA) is 24.9 Å². The van der Waals surface area contributed by atoms with Crippen LogP contribution in [0.3, 0.4) is 0 Å². The highest BCUT2D eigenvalue weighted by molar-refractivity contribution is 5.23. The molecule has 0 aliphatic rings. The van der Waals surface area contributed by atoms with Crippen molar-refractivity contribution in [1.29, 1.82) is 0 Å². The van der Waals surface area contributed by atoms with Gasteiger partial charge in [0.25, 0.3) is 0 Å². The average molecular weight is 272 g/mol. The summed E-state index contributed by atoms with van der Waals surface area (Å²) in [6.07, 6.45) is 3.68. The summed E-state index contributed by atoms with van der Waals surface area (Å²) >= 11 is 0. The van der Waals surface area contributed by atoms with Gasteiger partial charge in [0.15, 0.2) is 0 Å². The largest absolute Gasteiger partial charge is 0.310 e. The smallest absolute Gasteiger partial charge is 0.123 e. The van der Waals surface area contributed by atoms with Crippen molar-refractivity contribution in [3.63, 3.8) is 0 Å². The van der Waals surface area contributed by atoms with Crippen molar-refractivity contribution < 1.29 is 4.39 Å². The van der Waals surface area contributed by atoms with Crippen LogP contribution in [0.1, 0.15) is 36.7 Å². The number of nitrogens with zero attached hydrogens (tertiary/aromatic N) is 1. The monoisotopic (exact) mass is 272 g/mol. The third kappa shape index (κ3) is 3.87. The minimum atomic E-state index is -0.195. The van der Waals surface area contributed by atoms with Gasteiger partial charge in [0.05, 0.1) is 0 Å². The van der Waals surface area contributed by atoms with E-state index in [0.717, 1.165) is 30.6 Å². The van der Waals surface area contributed by atoms with Crippen LogP contribution in [0, 0.1) is 5.82 Å². The molecule has 0 aliphatic heterocycles. The molecule has 1 N–H and O–H groups in total. The molecule has 1 atom stereocenters. The Balaban J connectivity index is 2.16. The van der Waals surface area contributed by atoms with Gasteiger partial charge in [0.2, 0.25) is 0 Å². The number of nitrogens with one attached hydrogen (secondary N) is 1. The summed E-state index contributed by atoms with van der Waals surface area (Å²) in [5, 5.41) is 3.40. The number of benzene rings is 1. The Morgan fingerprint density at radius 1 is 1.20 bits per heavy atom. The van der Waals surface area contributed by atoms with Crippen molar-refractivity contribution in [2.75, 3.05) is 6.54 Å². The van der Waals surface area contributed by atoms with Crippen LogP contribution >= 0.6 is 0 Å². The van der Waals surface area contributed by atoms with Gasteiger partial charge in [-0.3, -0.25) is 4.98 Å². The molecule has 1 heterocycles. The fourth-order valence-corrected chi connectivity index (χ4v) is 2.27. The highest BCUT2D eigenvalue weighted by Gasteiger charge is 2.12. The SMILES string of the molecule is CCNC(Cc1ccc(CC)cn1)c1cccc(F)c1. The number of halogens is 1. The molecule has 106 valence electrons. The van der Waals surface area contributed by atoms with Gasteiger partial charge in [-0.25, -0.2) is 4.39 Å². The molecule has 3 heteroatoms. The van der Waals surface area contributed by atoms with Crippen molar-refractivity contribution in [2.24, 2.45) is 0 Å². The average Bonchev–Trinajstić information content (AvgIpc) is 2.47. The number of hydrogen-bond acceptors (Lipinski definition) is 2. The molecule has 0 saturated heterocycles. The minimum absolute atomic E-state index is 0.0932. The Morgan fingerprint density at radius 3 is 2.65 bits per heavy atom. The summed E-state index contributed by atoms with van der Waals surface area (Å²) in [6, 6.07) is 11.0. The van der Waals surface area contributed by atoms with Gasteiger partial charge in [-0.1, -0.05) is 32.0 Å². The molecule has 1 aromatic heterocycles. The van der Waals surface area contributed by atoms with E-state index in [1.54, 1.807) is 12.1 Å². The van der Waals surface area contributed by atoms with E-state index >= 15 is 0 Å². The van der Waals surface area contributed by atoms with E-state index in [1.807, 2.05) is 12.3 Å². The van der Waals surface area contributed by atoms with Crippen LogP contribution in [0.2, 0.25) is 0 Å². The molecule has 1 unspecified atom stereocenters. The number of pyridine rings is 1. The van der Waals surface area contributed by atoms with E-state index in [4.69, 9.17) is 0 Å². The molecule has 2 rings (SSSR count). The van der Waals surface area contributed by atoms with E-state index in [9.17, 15) is 4.39 Å². The van der Waals surface area contributed by atoms with Crippen molar-refractivity contribution in [3.05, 3.63) is 65.2 Å². The van der Waals surface area contributed by atoms with Gasteiger partial charge in [-0.15, -0.1) is 0 Å². The molecule has 0 fully saturated rings. The Kier molecular flexibility index (Phi) is 5.24. The fraction of sp³-hybridized carbons (Fsp3) is 0.353. The Hall–Kier alpha value is -1.74. The summed E-state index contributed by atoms with van der Waals surface area (Å²) in [7, 11) is 0. The van der Waals surface area contributed by atoms with Crippen molar-refractivity contribution in [3.8, 4) is 0 Å². The third-order valence-corrected chi connectivity index (χ3v) is 3.41. The zero-order chi connectivity index (χ0) is 14.4. The van der Waals surface area contributed by atoms with Crippen molar-refractivity contribution >= 4 is 0 Å². The van der Waals surface area contributed by atoms with Gasteiger partial charge >= 0.3 is 0 Å². The van der Waals surface area contributed by atoms with Gasteiger partial charge in [-0.2, -0.15) is 0 Å². The molecule has 0 aliphatic carbocycles. The summed E-state index contributed by atoms with van der Waals surface area (Å²) in [6.45, 7) is 5.01. The van der Waals surface area contributed by atoms with E-state index in [-0.39, 0.29) is 11.9 Å². The van der Waals surface area contributed by atoms with E-state index < -0.39 is 0 Å². The van der Waals surface area contributed by atoms with E-state index in [0.29, 0.717) is 0 Å². The van der Waals surface area contributed by atoms with Crippen LogP contribution in [0.5, 0.6) is 0 Å². The van der Waals surface area contributed by atoms with E-state index in [1.165, 1.54) is 11.6 Å². The molecule has 0 bridgehead atoms. The maximum absolute atomic E-state index is 13.4. The molecule has 0 radical (unpaired) electrons. The molecule has 2 aromatic rings. The Bertz CT molecular complexity index is 537. The first-order valence-electron chi connectivity index (χ1n) is 7.15. The highest BCUT2D eigenvalue weighted by atomic mass is 19.1. The van der Waals surface area contributed by atoms with E-state index in [2.05, 4.69) is 36.3 Å². The predicted molar refractivity (Wildman–Crippen MR) is 80.1 cm³/mol. The highest BCUT2D eigenvalue weighted by Crippen LogP contribution is 2.18. The van der Waals surface area contributed by atoms with Crippen molar-refractivity contribution in [2.45, 2.75) is 32.7 Å². The molecule has 20 heavy (non-hydrogen) atoms. The number of likely N-dealkylation sites (N-methyl/N-ethyl adjacent to an activating group) is 1. The lowest BCUT2D eigenvalue weighted by molar-refractivity contribution is 0.537. The molecule has 0 amide bonds. The van der Waals surface area contributed by atoms with Gasteiger partial charge in [0.1, 0.15) is 5.82 Å². The van der Waals surface area contributed by atoms with Crippen LogP contribution in [-0.4, -0.2) is 11.5 Å². The van der Waals surface area contributed by atoms with Crippen LogP contribution in [-0.2, 0) is 12.8 Å². The second-order valence-corrected chi connectivity index (χ2v) is 4.88. The predicted octanol–water partition coefficient (Wildman–Crippen LogP) is 3.68. The first kappa shape index (κ1) is 14.7. The maximum Gasteiger partial charge on any atom is 0.123 e. The molecule has 1 aromatic carbocycles. The fourth-order valence-electron chi connectivity index (χ4n) is 2.27. The minimum Gasteiger partial charge on any atom is -0.310 e. The van der Waals surface area contributed by atoms with Gasteiger partial charge < -0.3 is 5.32 Å². The van der Waals surface area contributed by atoms with Gasteiger partial charge in [0, 0.05) is 24.4 Å². The standard InChI is InChI=1S/C17H21FN2/c1-3-13-8-9-16(20-12-13)11-17(19-4-2)14-6-5-7-15(18)10-14/h5-10,12,17,19H,3-4,11H2,1-2H3. The van der Waals surface area contributed by atoms with Crippen molar-refractivity contribution in [1.82, 2.24) is 10.3 Å². The molecule has 0 spiro atoms. The van der Waals surface area contributed by atoms with Crippen LogP contribution in [0.25, 0.3) is 0 Å². The Morgan fingerprint density at radius 2 is 2.05 bits per heavy atom. The zero-order valence-corrected chi connectivity index (χ0v) is 12.1. The normalized spacial score (nSPS) is 12.3. The second kappa shape index (κ2) is 7.15. The second-order valence-electron chi connectivity index (χ2n) is 4.88. The number of aryl methyl sites for hydroxylation is 1. The summed E-state index contributed by atoms with van der Waals surface area (Å²) < 4.78 is 13.4. The van der Waals surface area contributed by atoms with Crippen LogP contribution in [0.15, 0.2) is 42.6 Å². The quantitative estimate of drug-likeness (QED) is 0.867. The first-order valence-corrected chi connectivity index (χ1v) is 7.15. The lowest BCUT2D eigenvalue weighted by atomic mass is 10.0. The molecule has 0 saturated carbocycles. The lowest BCUT2D eigenvalue weighted by Crippen LogP contribution is -2.23. The lowest BCUT2D eigenvalue weighted by Gasteiger charge is -2.18. The summed E-state index contributed by atoms with van der Waals surface area (Å²) in [5.74, 6) is -0.195. The van der Waals surface area contributed by atoms with Crippen LogP contribution in [0.4, 0.5) is 4.39 Å². The first-order chi connectivity index (χ1) is 9.72. The zero-order valence-electron chi connectivity index (χ0n) is 12.1. The summed E-state index contributed by atoms with van der Waals surface area (Å²) in [5.41, 5.74) is 3.23. The Labute approximate surface area is 120 Å². The third-order valence-electron chi connectivity index (χ3n) is 3.41. The summed E-state index contributed by atoms with van der Waals surface area (Å²) in [4.78, 5) is 4.49. The van der Waals surface area contributed by atoms with Gasteiger partial charge in [-0.05, 0) is 42.3 Å². The molecule has 2 nitrogen and oxygen atoms in total. The molecular formula is C17H21FN2. The number of rotatable bonds is 6. The van der Waals surface area contributed by atoms with Crippen LogP contribution < -0.4 is 5.32 Å². The number of hydrogen-bond donors (Lipinski definition) is 1. The number of aromatic nitrogens is 1.